The van der Waals surface area contributed by atoms with Crippen LogP contribution >= 0.6 is 0 Å². The second-order valence-corrected chi connectivity index (χ2v) is 6.49. The number of nitrogens with one attached hydrogen (secondary N) is 1. The molecule has 1 saturated heterocycles. The van der Waals surface area contributed by atoms with Crippen LogP contribution < -0.4 is 11.1 Å². The normalized spacial score (nSPS) is 19.8. The third-order valence-electron chi connectivity index (χ3n) is 4.05. The molecule has 3 N–H and O–H groups in total. The summed E-state index contributed by atoms with van der Waals surface area (Å²) in [6, 6.07) is 9.09. The van der Waals surface area contributed by atoms with Gasteiger partial charge in [0.25, 0.3) is 0 Å². The predicted molar refractivity (Wildman–Crippen MR) is 77.7 cm³/mol. The van der Waals surface area contributed by atoms with Crippen molar-refractivity contribution in [1.82, 2.24) is 5.32 Å². The summed E-state index contributed by atoms with van der Waals surface area (Å²) in [5, 5.41) is 3.39. The lowest BCUT2D eigenvalue weighted by Crippen LogP contribution is -2.33. The number of hydrogen-bond donors (Lipinski definition) is 2. The van der Waals surface area contributed by atoms with Gasteiger partial charge in [0, 0.05) is 6.04 Å². The smallest absolute Gasteiger partial charge is 0.0324 e. The van der Waals surface area contributed by atoms with Crippen molar-refractivity contribution in [2.45, 2.75) is 45.1 Å². The van der Waals surface area contributed by atoms with E-state index in [-0.39, 0.29) is 11.5 Å². The molecule has 0 radical (unpaired) electrons. The molecule has 18 heavy (non-hydrogen) atoms. The molecule has 0 aliphatic carbocycles. The van der Waals surface area contributed by atoms with Crippen molar-refractivity contribution in [2.75, 3.05) is 13.1 Å². The van der Waals surface area contributed by atoms with Crippen LogP contribution in [0.25, 0.3) is 0 Å². The van der Waals surface area contributed by atoms with E-state index in [2.05, 4.69) is 50.4 Å². The topological polar surface area (TPSA) is 38.0 Å². The molecule has 1 aliphatic heterocycles. The summed E-state index contributed by atoms with van der Waals surface area (Å²) in [6.07, 6.45) is 2.39. The second kappa shape index (κ2) is 5.41. The highest BCUT2D eigenvalue weighted by Crippen LogP contribution is 2.29. The molecule has 1 heterocycles. The molecule has 1 aromatic rings. The van der Waals surface area contributed by atoms with Gasteiger partial charge in [-0.3, -0.25) is 0 Å². The fraction of sp³-hybridized carbons (Fsp3) is 0.625. The third-order valence-corrected chi connectivity index (χ3v) is 4.05. The molecule has 2 rings (SSSR count). The summed E-state index contributed by atoms with van der Waals surface area (Å²) in [4.78, 5) is 0. The molecule has 0 spiro atoms. The number of piperidine rings is 1. The monoisotopic (exact) mass is 246 g/mol. The van der Waals surface area contributed by atoms with Crippen molar-refractivity contribution < 1.29 is 0 Å². The highest BCUT2D eigenvalue weighted by atomic mass is 14.9. The summed E-state index contributed by atoms with van der Waals surface area (Å²) < 4.78 is 0. The molecule has 0 aromatic heterocycles. The van der Waals surface area contributed by atoms with E-state index in [9.17, 15) is 0 Å². The van der Waals surface area contributed by atoms with E-state index in [4.69, 9.17) is 5.73 Å². The van der Waals surface area contributed by atoms with Gasteiger partial charge in [-0.2, -0.15) is 0 Å². The minimum absolute atomic E-state index is 0.195. The summed E-state index contributed by atoms with van der Waals surface area (Å²) in [6.45, 7) is 8.95. The lowest BCUT2D eigenvalue weighted by Gasteiger charge is -2.29. The molecular weight excluding hydrogens is 220 g/mol. The van der Waals surface area contributed by atoms with Crippen molar-refractivity contribution in [3.8, 4) is 0 Å². The number of nitrogens with two attached hydrogens (primary N) is 1. The van der Waals surface area contributed by atoms with Crippen LogP contribution in [0.15, 0.2) is 24.3 Å². The van der Waals surface area contributed by atoms with Gasteiger partial charge in [-0.15, -0.1) is 0 Å². The van der Waals surface area contributed by atoms with Crippen molar-refractivity contribution in [3.63, 3.8) is 0 Å². The van der Waals surface area contributed by atoms with Gasteiger partial charge in [0.1, 0.15) is 0 Å². The molecule has 0 amide bonds. The first-order valence-electron chi connectivity index (χ1n) is 7.05. The Morgan fingerprint density at radius 2 is 1.67 bits per heavy atom. The van der Waals surface area contributed by atoms with Gasteiger partial charge in [-0.05, 0) is 48.4 Å². The lowest BCUT2D eigenvalue weighted by molar-refractivity contribution is 0.322. The Kier molecular flexibility index (Phi) is 4.08. The minimum Gasteiger partial charge on any atom is -0.324 e. The molecular formula is C16H26N2. The zero-order valence-corrected chi connectivity index (χ0v) is 11.9. The van der Waals surface area contributed by atoms with E-state index in [1.165, 1.54) is 24.0 Å². The second-order valence-electron chi connectivity index (χ2n) is 6.49. The molecule has 0 bridgehead atoms. The summed E-state index contributed by atoms with van der Waals surface area (Å²) >= 11 is 0. The summed E-state index contributed by atoms with van der Waals surface area (Å²) in [7, 11) is 0. The predicted octanol–water partition coefficient (Wildman–Crippen LogP) is 2.98. The van der Waals surface area contributed by atoms with Crippen molar-refractivity contribution in [3.05, 3.63) is 35.4 Å². The number of hydrogen-bond acceptors (Lipinski definition) is 2. The van der Waals surface area contributed by atoms with E-state index in [0.717, 1.165) is 13.1 Å². The Bertz CT molecular complexity index is 369. The molecule has 2 heteroatoms. The largest absolute Gasteiger partial charge is 0.324 e. The summed E-state index contributed by atoms with van der Waals surface area (Å²) in [5.41, 5.74) is 9.29. The molecule has 1 aliphatic rings. The zero-order chi connectivity index (χ0) is 13.2. The number of benzene rings is 1. The van der Waals surface area contributed by atoms with E-state index in [0.29, 0.717) is 5.92 Å². The molecule has 2 nitrogen and oxygen atoms in total. The van der Waals surface area contributed by atoms with Gasteiger partial charge in [-0.1, -0.05) is 45.0 Å². The van der Waals surface area contributed by atoms with Gasteiger partial charge in [-0.25, -0.2) is 0 Å². The molecule has 1 fully saturated rings. The van der Waals surface area contributed by atoms with Crippen LogP contribution in [0.3, 0.4) is 0 Å². The van der Waals surface area contributed by atoms with Crippen molar-refractivity contribution in [1.29, 1.82) is 0 Å². The molecule has 0 saturated carbocycles. The fourth-order valence-corrected chi connectivity index (χ4v) is 2.68. The van der Waals surface area contributed by atoms with Crippen LogP contribution in [0.1, 0.15) is 50.8 Å². The Morgan fingerprint density at radius 1 is 1.11 bits per heavy atom. The Morgan fingerprint density at radius 3 is 2.17 bits per heavy atom. The quantitative estimate of drug-likeness (QED) is 0.842. The van der Waals surface area contributed by atoms with Crippen LogP contribution in [-0.4, -0.2) is 13.1 Å². The first-order chi connectivity index (χ1) is 8.48. The maximum absolute atomic E-state index is 6.40. The minimum atomic E-state index is 0.195. The first kappa shape index (κ1) is 13.6. The van der Waals surface area contributed by atoms with Gasteiger partial charge < -0.3 is 11.1 Å². The zero-order valence-electron chi connectivity index (χ0n) is 11.9. The average molecular weight is 246 g/mol. The molecule has 100 valence electrons. The van der Waals surface area contributed by atoms with Gasteiger partial charge in [0.05, 0.1) is 0 Å². The van der Waals surface area contributed by atoms with Crippen LogP contribution in [-0.2, 0) is 5.41 Å². The van der Waals surface area contributed by atoms with Gasteiger partial charge in [0.15, 0.2) is 0 Å². The lowest BCUT2D eigenvalue weighted by atomic mass is 9.83. The first-order valence-corrected chi connectivity index (χ1v) is 7.05. The highest BCUT2D eigenvalue weighted by Gasteiger charge is 2.22. The maximum Gasteiger partial charge on any atom is 0.0324 e. The SMILES string of the molecule is CC(C)(C)c1ccc([C@H](N)C2CCNCC2)cc1. The van der Waals surface area contributed by atoms with Crippen LogP contribution in [0, 0.1) is 5.92 Å². The summed E-state index contributed by atoms with van der Waals surface area (Å²) in [5.74, 6) is 0.631. The Balaban J connectivity index is 2.09. The highest BCUT2D eigenvalue weighted by molar-refractivity contribution is 5.29. The Labute approximate surface area is 111 Å². The van der Waals surface area contributed by atoms with Crippen LogP contribution in [0.4, 0.5) is 0 Å². The maximum atomic E-state index is 6.40. The van der Waals surface area contributed by atoms with Crippen LogP contribution in [0.2, 0.25) is 0 Å². The molecule has 0 unspecified atom stereocenters. The Hall–Kier alpha value is -0.860. The number of rotatable bonds is 2. The van der Waals surface area contributed by atoms with E-state index >= 15 is 0 Å². The molecule has 1 aromatic carbocycles. The van der Waals surface area contributed by atoms with Gasteiger partial charge in [0.2, 0.25) is 0 Å². The van der Waals surface area contributed by atoms with E-state index in [1.54, 1.807) is 0 Å². The standard InChI is InChI=1S/C16H26N2/c1-16(2,3)14-6-4-12(5-7-14)15(17)13-8-10-18-11-9-13/h4-7,13,15,18H,8-11,17H2,1-3H3/t15-/m0/s1. The van der Waals surface area contributed by atoms with E-state index < -0.39 is 0 Å². The third kappa shape index (κ3) is 3.12. The average Bonchev–Trinajstić information content (AvgIpc) is 2.38. The van der Waals surface area contributed by atoms with Crippen molar-refractivity contribution >= 4 is 0 Å². The fourth-order valence-electron chi connectivity index (χ4n) is 2.68. The molecule has 1 atom stereocenters. The van der Waals surface area contributed by atoms with Crippen LogP contribution in [0.5, 0.6) is 0 Å². The van der Waals surface area contributed by atoms with E-state index in [1.807, 2.05) is 0 Å². The van der Waals surface area contributed by atoms with Gasteiger partial charge >= 0.3 is 0 Å². The van der Waals surface area contributed by atoms with Crippen molar-refractivity contribution in [2.24, 2.45) is 11.7 Å².